The number of carbonyl (C=O) groups is 2. The minimum atomic E-state index is -5.86. The molecule has 2 amide bonds. The molecule has 1 aliphatic carbocycles. The van der Waals surface area contributed by atoms with E-state index >= 15 is 0 Å². The number of pyridine rings is 1. The Balaban J connectivity index is 1.50. The van der Waals surface area contributed by atoms with Gasteiger partial charge in [0.15, 0.2) is 11.5 Å². The Kier molecular flexibility index (Phi) is 7.47. The van der Waals surface area contributed by atoms with Crippen LogP contribution < -0.4 is 10.6 Å². The Hall–Kier alpha value is -4.40. The molecule has 0 atom stereocenters. The normalized spacial score (nSPS) is 13.7. The molecule has 0 bridgehead atoms. The fourth-order valence-electron chi connectivity index (χ4n) is 4.09. The number of aromatic nitrogens is 6. The summed E-state index contributed by atoms with van der Waals surface area (Å²) in [6.07, 6.45) is -2.38. The van der Waals surface area contributed by atoms with E-state index in [9.17, 15) is 31.5 Å². The van der Waals surface area contributed by atoms with Crippen LogP contribution in [0.1, 0.15) is 56.2 Å². The molecule has 0 radical (unpaired) electrons. The molecule has 0 saturated heterocycles. The molecule has 220 valence electrons. The average molecular weight is 609 g/mol. The minimum Gasteiger partial charge on any atom is -0.349 e. The number of nitrogens with zero attached hydrogens (tertiary/aromatic N) is 6. The topological polar surface area (TPSA) is 120 Å². The summed E-state index contributed by atoms with van der Waals surface area (Å²) in [5, 5.41) is 17.0. The van der Waals surface area contributed by atoms with Crippen LogP contribution in [0.25, 0.3) is 5.82 Å². The number of alkyl halides is 5. The van der Waals surface area contributed by atoms with Crippen molar-refractivity contribution < 1.29 is 31.5 Å². The third-order valence-electron chi connectivity index (χ3n) is 6.39. The first-order valence-corrected chi connectivity index (χ1v) is 12.9. The van der Waals surface area contributed by atoms with E-state index < -0.39 is 36.2 Å². The number of carbonyl (C=O) groups excluding carboxylic acids is 2. The van der Waals surface area contributed by atoms with Crippen LogP contribution in [-0.4, -0.2) is 53.8 Å². The van der Waals surface area contributed by atoms with Crippen molar-refractivity contribution in [3.05, 3.63) is 81.5 Å². The van der Waals surface area contributed by atoms with Crippen molar-refractivity contribution in [2.24, 2.45) is 0 Å². The van der Waals surface area contributed by atoms with Crippen molar-refractivity contribution in [3.8, 4) is 5.82 Å². The van der Waals surface area contributed by atoms with E-state index in [0.717, 1.165) is 12.8 Å². The van der Waals surface area contributed by atoms with E-state index in [2.05, 4.69) is 30.9 Å². The first kappa shape index (κ1) is 29.1. The predicted molar refractivity (Wildman–Crippen MR) is 140 cm³/mol. The van der Waals surface area contributed by atoms with Gasteiger partial charge in [-0.05, 0) is 62.1 Å². The van der Waals surface area contributed by atoms with Gasteiger partial charge < -0.3 is 10.6 Å². The molecule has 5 rings (SSSR count). The Morgan fingerprint density at radius 1 is 1.05 bits per heavy atom. The second-order valence-corrected chi connectivity index (χ2v) is 10.2. The molecule has 16 heteroatoms. The van der Waals surface area contributed by atoms with Crippen molar-refractivity contribution in [3.63, 3.8) is 0 Å². The van der Waals surface area contributed by atoms with Gasteiger partial charge in [0.2, 0.25) is 0 Å². The number of hydrogen-bond acceptors (Lipinski definition) is 6. The number of aryl methyl sites for hydroxylation is 2. The van der Waals surface area contributed by atoms with Crippen LogP contribution in [0.5, 0.6) is 0 Å². The highest BCUT2D eigenvalue weighted by Gasteiger charge is 2.60. The van der Waals surface area contributed by atoms with Crippen LogP contribution in [0.3, 0.4) is 0 Å². The summed E-state index contributed by atoms with van der Waals surface area (Å²) >= 11 is 6.19. The van der Waals surface area contributed by atoms with Crippen molar-refractivity contribution in [2.45, 2.75) is 51.4 Å². The monoisotopic (exact) mass is 608 g/mol. The van der Waals surface area contributed by atoms with Crippen molar-refractivity contribution >= 4 is 29.1 Å². The third-order valence-corrected chi connectivity index (χ3v) is 6.61. The van der Waals surface area contributed by atoms with Crippen LogP contribution in [0.15, 0.2) is 42.7 Å². The highest BCUT2D eigenvalue weighted by Crippen LogP contribution is 2.42. The minimum absolute atomic E-state index is 0.0453. The zero-order valence-electron chi connectivity index (χ0n) is 22.0. The molecule has 4 aromatic rings. The van der Waals surface area contributed by atoms with E-state index in [1.165, 1.54) is 23.0 Å². The van der Waals surface area contributed by atoms with Gasteiger partial charge in [0.25, 0.3) is 11.8 Å². The lowest BCUT2D eigenvalue weighted by molar-refractivity contribution is -0.291. The zero-order valence-corrected chi connectivity index (χ0v) is 22.8. The van der Waals surface area contributed by atoms with Crippen LogP contribution >= 0.6 is 11.6 Å². The summed E-state index contributed by atoms with van der Waals surface area (Å²) in [7, 11) is 0. The second kappa shape index (κ2) is 10.8. The number of anilines is 1. The maximum Gasteiger partial charge on any atom is 0.459 e. The Bertz CT molecular complexity index is 1680. The van der Waals surface area contributed by atoms with Crippen LogP contribution in [0.4, 0.5) is 27.6 Å². The van der Waals surface area contributed by atoms with E-state index in [1.807, 2.05) is 0 Å². The first-order valence-electron chi connectivity index (χ1n) is 12.5. The SMILES string of the molecule is Cc1cccnc1-n1nc(Cn2ncc(C(F)(F)C(F)(F)F)n2)cc1C(=O)Nc1c(C)cc(Cl)cc1C(=O)NC1CC1. The predicted octanol–water partition coefficient (Wildman–Crippen LogP) is 4.98. The standard InChI is InChI=1S/C26H22ClF5N8O2/c1-13-4-3-7-33-22(13)40-19(10-17(37-40)12-39-34-11-20(38-39)25(28,29)26(30,31)32)24(42)36-21-14(2)8-15(27)9-18(21)23(41)35-16-5-6-16/h3-4,7-11,16H,5-6,12H2,1-2H3,(H,35,41)(H,36,42). The van der Waals surface area contributed by atoms with Gasteiger partial charge in [-0.3, -0.25) is 9.59 Å². The number of rotatable bonds is 8. The molecule has 2 N–H and O–H groups in total. The highest BCUT2D eigenvalue weighted by atomic mass is 35.5. The number of nitrogens with one attached hydrogen (secondary N) is 2. The molecule has 42 heavy (non-hydrogen) atoms. The second-order valence-electron chi connectivity index (χ2n) is 9.76. The molecule has 10 nitrogen and oxygen atoms in total. The van der Waals surface area contributed by atoms with Gasteiger partial charge in [-0.1, -0.05) is 17.7 Å². The Morgan fingerprint density at radius 2 is 1.79 bits per heavy atom. The molecule has 3 heterocycles. The number of amides is 2. The summed E-state index contributed by atoms with van der Waals surface area (Å²) in [6, 6.07) is 7.74. The summed E-state index contributed by atoms with van der Waals surface area (Å²) in [5.41, 5.74) is -0.0940. The van der Waals surface area contributed by atoms with Gasteiger partial charge in [-0.2, -0.15) is 42.0 Å². The lowest BCUT2D eigenvalue weighted by Gasteiger charge is -2.16. The first-order chi connectivity index (χ1) is 19.7. The average Bonchev–Trinajstić information content (AvgIpc) is 3.42. The fourth-order valence-corrected chi connectivity index (χ4v) is 4.37. The van der Waals surface area contributed by atoms with E-state index in [-0.39, 0.29) is 34.5 Å². The number of hydrogen-bond donors (Lipinski definition) is 2. The number of benzene rings is 1. The summed E-state index contributed by atoms with van der Waals surface area (Å²) in [4.78, 5) is 31.5. The molecule has 1 aliphatic rings. The van der Waals surface area contributed by atoms with Gasteiger partial charge in [0.1, 0.15) is 12.2 Å². The van der Waals surface area contributed by atoms with E-state index in [1.54, 1.807) is 32.0 Å². The lowest BCUT2D eigenvalue weighted by Crippen LogP contribution is -2.34. The van der Waals surface area contributed by atoms with Gasteiger partial charge in [-0.25, -0.2) is 9.67 Å². The van der Waals surface area contributed by atoms with Crippen LogP contribution in [-0.2, 0) is 12.5 Å². The molecule has 0 unspecified atom stereocenters. The molecule has 1 fully saturated rings. The highest BCUT2D eigenvalue weighted by molar-refractivity contribution is 6.31. The van der Waals surface area contributed by atoms with Gasteiger partial charge in [-0.15, -0.1) is 0 Å². The molecule has 0 aliphatic heterocycles. The van der Waals surface area contributed by atoms with E-state index in [4.69, 9.17) is 11.6 Å². The summed E-state index contributed by atoms with van der Waals surface area (Å²) in [6.45, 7) is 2.94. The maximum absolute atomic E-state index is 13.7. The third kappa shape index (κ3) is 5.82. The van der Waals surface area contributed by atoms with Crippen molar-refractivity contribution in [2.75, 3.05) is 5.32 Å². The summed E-state index contributed by atoms with van der Waals surface area (Å²) in [5.74, 6) is -6.07. The quantitative estimate of drug-likeness (QED) is 0.273. The maximum atomic E-state index is 13.7. The van der Waals surface area contributed by atoms with Gasteiger partial charge in [0, 0.05) is 17.3 Å². The largest absolute Gasteiger partial charge is 0.459 e. The molecule has 1 aromatic carbocycles. The molecule has 1 saturated carbocycles. The van der Waals surface area contributed by atoms with Crippen LogP contribution in [0.2, 0.25) is 5.02 Å². The van der Waals surface area contributed by atoms with E-state index in [0.29, 0.717) is 27.1 Å². The van der Waals surface area contributed by atoms with Crippen LogP contribution in [0, 0.1) is 13.8 Å². The summed E-state index contributed by atoms with van der Waals surface area (Å²) < 4.78 is 67.0. The van der Waals surface area contributed by atoms with Crippen molar-refractivity contribution in [1.29, 1.82) is 0 Å². The zero-order chi connectivity index (χ0) is 30.4. The molecular weight excluding hydrogens is 587 g/mol. The molecule has 0 spiro atoms. The fraction of sp³-hybridized carbons (Fsp3) is 0.308. The van der Waals surface area contributed by atoms with Crippen molar-refractivity contribution in [1.82, 2.24) is 35.1 Å². The molecular formula is C26H22ClF5N8O2. The Labute approximate surface area is 239 Å². The smallest absolute Gasteiger partial charge is 0.349 e. The van der Waals surface area contributed by atoms with Gasteiger partial charge >= 0.3 is 12.1 Å². The molecule has 3 aromatic heterocycles. The number of halogens is 6. The lowest BCUT2D eigenvalue weighted by atomic mass is 10.1. The van der Waals surface area contributed by atoms with Gasteiger partial charge in [0.05, 0.1) is 23.1 Å². The Morgan fingerprint density at radius 3 is 2.45 bits per heavy atom.